The largest absolute Gasteiger partial charge is 0.463 e. The number of ether oxygens (including phenoxy) is 6. The van der Waals surface area contributed by atoms with Crippen LogP contribution in [-0.2, 0) is 33.2 Å². The van der Waals surface area contributed by atoms with Crippen LogP contribution in [0.15, 0.2) is 0 Å². The Balaban J connectivity index is 3.13. The summed E-state index contributed by atoms with van der Waals surface area (Å²) in [6.07, 6.45) is 39.7. The molecule has 0 amide bonds. The van der Waals surface area contributed by atoms with Crippen LogP contribution >= 0.6 is 0 Å². The Bertz CT molecular complexity index is 633. The second kappa shape index (κ2) is 47.3. The molecule has 0 atom stereocenters. The molecule has 0 fully saturated rings. The lowest BCUT2D eigenvalue weighted by molar-refractivity contribution is -0.145. The SMILES string of the molecule is CCCCCCCCCCCCCCCCCC(=O)OCCOCCOCCOCCOCCOCCCCCCCCCCCCCCCC. The minimum atomic E-state index is -0.113. The zero-order chi connectivity index (χ0) is 36.8. The molecule has 0 aromatic rings. The van der Waals surface area contributed by atoms with E-state index in [0.717, 1.165) is 25.9 Å². The van der Waals surface area contributed by atoms with E-state index in [1.807, 2.05) is 0 Å². The van der Waals surface area contributed by atoms with Gasteiger partial charge >= 0.3 is 5.97 Å². The molecule has 0 aromatic heterocycles. The zero-order valence-electron chi connectivity index (χ0n) is 34.3. The lowest BCUT2D eigenvalue weighted by Gasteiger charge is -2.08. The van der Waals surface area contributed by atoms with Gasteiger partial charge in [0.2, 0.25) is 0 Å². The highest BCUT2D eigenvalue weighted by atomic mass is 16.6. The summed E-state index contributed by atoms with van der Waals surface area (Å²) in [4.78, 5) is 11.9. The minimum absolute atomic E-state index is 0.113. The molecule has 7 nitrogen and oxygen atoms in total. The quantitative estimate of drug-likeness (QED) is 0.0456. The smallest absolute Gasteiger partial charge is 0.305 e. The second-order valence-corrected chi connectivity index (χ2v) is 14.6. The third-order valence-corrected chi connectivity index (χ3v) is 9.61. The maximum Gasteiger partial charge on any atom is 0.305 e. The molecule has 0 spiro atoms. The van der Waals surface area contributed by atoms with Crippen LogP contribution in [-0.4, -0.2) is 78.6 Å². The van der Waals surface area contributed by atoms with Crippen LogP contribution < -0.4 is 0 Å². The normalized spacial score (nSPS) is 11.5. The highest BCUT2D eigenvalue weighted by Gasteiger charge is 2.03. The van der Waals surface area contributed by atoms with E-state index >= 15 is 0 Å². The molecule has 0 aliphatic rings. The van der Waals surface area contributed by atoms with E-state index in [1.165, 1.54) is 167 Å². The summed E-state index contributed by atoms with van der Waals surface area (Å²) >= 11 is 0. The van der Waals surface area contributed by atoms with E-state index in [0.29, 0.717) is 72.5 Å². The van der Waals surface area contributed by atoms with Crippen LogP contribution in [0.1, 0.15) is 206 Å². The fourth-order valence-corrected chi connectivity index (χ4v) is 6.31. The van der Waals surface area contributed by atoms with E-state index in [-0.39, 0.29) is 5.97 Å². The lowest BCUT2D eigenvalue weighted by atomic mass is 10.0. The zero-order valence-corrected chi connectivity index (χ0v) is 34.3. The first-order chi connectivity index (χ1) is 25.3. The summed E-state index contributed by atoms with van der Waals surface area (Å²) in [6.45, 7) is 10.6. The molecule has 306 valence electrons. The second-order valence-electron chi connectivity index (χ2n) is 14.6. The molecule has 0 radical (unpaired) electrons. The molecule has 0 aliphatic heterocycles. The Morgan fingerprint density at radius 1 is 0.275 bits per heavy atom. The van der Waals surface area contributed by atoms with Gasteiger partial charge in [-0.1, -0.05) is 187 Å². The van der Waals surface area contributed by atoms with Crippen molar-refractivity contribution in [1.82, 2.24) is 0 Å². The van der Waals surface area contributed by atoms with Crippen molar-refractivity contribution in [1.29, 1.82) is 0 Å². The number of carbonyl (C=O) groups is 1. The van der Waals surface area contributed by atoms with Crippen molar-refractivity contribution in [3.8, 4) is 0 Å². The molecule has 0 aromatic carbocycles. The van der Waals surface area contributed by atoms with Crippen LogP contribution in [0.4, 0.5) is 0 Å². The van der Waals surface area contributed by atoms with E-state index in [4.69, 9.17) is 28.4 Å². The van der Waals surface area contributed by atoms with Gasteiger partial charge in [-0.3, -0.25) is 4.79 Å². The van der Waals surface area contributed by atoms with Gasteiger partial charge < -0.3 is 28.4 Å². The molecule has 0 bridgehead atoms. The van der Waals surface area contributed by atoms with E-state index in [9.17, 15) is 4.79 Å². The molecule has 0 saturated heterocycles. The van der Waals surface area contributed by atoms with Gasteiger partial charge in [0.05, 0.1) is 59.5 Å². The number of esters is 1. The highest BCUT2D eigenvalue weighted by Crippen LogP contribution is 2.15. The molecule has 0 rings (SSSR count). The molecule has 51 heavy (non-hydrogen) atoms. The first-order valence-electron chi connectivity index (χ1n) is 22.4. The summed E-state index contributed by atoms with van der Waals surface area (Å²) < 4.78 is 33.1. The Hall–Kier alpha value is -0.730. The molecular formula is C44H88O7. The van der Waals surface area contributed by atoms with Gasteiger partial charge in [-0.2, -0.15) is 0 Å². The van der Waals surface area contributed by atoms with Gasteiger partial charge in [0.1, 0.15) is 6.61 Å². The van der Waals surface area contributed by atoms with E-state index in [2.05, 4.69) is 13.8 Å². The third-order valence-electron chi connectivity index (χ3n) is 9.61. The number of rotatable bonds is 46. The predicted octanol–water partition coefficient (Wildman–Crippen LogP) is 12.4. The van der Waals surface area contributed by atoms with Gasteiger partial charge in [0.25, 0.3) is 0 Å². The Morgan fingerprint density at radius 3 is 0.824 bits per heavy atom. The first-order valence-corrected chi connectivity index (χ1v) is 22.4. The topological polar surface area (TPSA) is 72.5 Å². The summed E-state index contributed by atoms with van der Waals surface area (Å²) in [6, 6.07) is 0. The van der Waals surface area contributed by atoms with Crippen LogP contribution in [0, 0.1) is 0 Å². The first kappa shape index (κ1) is 50.3. The van der Waals surface area contributed by atoms with Crippen molar-refractivity contribution in [3.05, 3.63) is 0 Å². The maximum absolute atomic E-state index is 11.9. The van der Waals surface area contributed by atoms with Crippen LogP contribution in [0.2, 0.25) is 0 Å². The molecule has 0 N–H and O–H groups in total. The van der Waals surface area contributed by atoms with Crippen molar-refractivity contribution in [2.24, 2.45) is 0 Å². The summed E-state index contributed by atoms with van der Waals surface area (Å²) in [5, 5.41) is 0. The van der Waals surface area contributed by atoms with Crippen molar-refractivity contribution in [2.75, 3.05) is 72.7 Å². The summed E-state index contributed by atoms with van der Waals surface area (Å²) in [5.74, 6) is -0.113. The molecule has 0 unspecified atom stereocenters. The van der Waals surface area contributed by atoms with Gasteiger partial charge in [-0.05, 0) is 12.8 Å². The van der Waals surface area contributed by atoms with E-state index < -0.39 is 0 Å². The van der Waals surface area contributed by atoms with Crippen molar-refractivity contribution in [2.45, 2.75) is 206 Å². The van der Waals surface area contributed by atoms with E-state index in [1.54, 1.807) is 0 Å². The number of unbranched alkanes of at least 4 members (excludes halogenated alkanes) is 27. The third kappa shape index (κ3) is 47.2. The maximum atomic E-state index is 11.9. The highest BCUT2D eigenvalue weighted by molar-refractivity contribution is 5.69. The Kier molecular flexibility index (Phi) is 46.6. The number of hydrogen-bond acceptors (Lipinski definition) is 7. The fourth-order valence-electron chi connectivity index (χ4n) is 6.31. The molecule has 0 heterocycles. The average Bonchev–Trinajstić information content (AvgIpc) is 3.14. The predicted molar refractivity (Wildman–Crippen MR) is 215 cm³/mol. The van der Waals surface area contributed by atoms with Crippen LogP contribution in [0.5, 0.6) is 0 Å². The van der Waals surface area contributed by atoms with Crippen molar-refractivity contribution >= 4 is 5.97 Å². The summed E-state index contributed by atoms with van der Waals surface area (Å²) in [7, 11) is 0. The van der Waals surface area contributed by atoms with Crippen molar-refractivity contribution < 1.29 is 33.2 Å². The van der Waals surface area contributed by atoms with Crippen molar-refractivity contribution in [3.63, 3.8) is 0 Å². The minimum Gasteiger partial charge on any atom is -0.463 e. The lowest BCUT2D eigenvalue weighted by Crippen LogP contribution is -2.15. The Morgan fingerprint density at radius 2 is 0.510 bits per heavy atom. The number of hydrogen-bond donors (Lipinski definition) is 0. The van der Waals surface area contributed by atoms with Gasteiger partial charge in [0, 0.05) is 13.0 Å². The monoisotopic (exact) mass is 729 g/mol. The van der Waals surface area contributed by atoms with Crippen LogP contribution in [0.3, 0.4) is 0 Å². The van der Waals surface area contributed by atoms with Gasteiger partial charge in [-0.25, -0.2) is 0 Å². The Labute approximate surface area is 317 Å². The van der Waals surface area contributed by atoms with Gasteiger partial charge in [-0.15, -0.1) is 0 Å². The fraction of sp³-hybridized carbons (Fsp3) is 0.977. The average molecular weight is 729 g/mol. The molecule has 7 heteroatoms. The number of carbonyl (C=O) groups excluding carboxylic acids is 1. The standard InChI is InChI=1S/C44H88O7/c1-3-5-7-9-11-13-15-17-19-20-22-24-26-28-30-32-44(45)51-43-42-50-41-40-49-39-38-48-37-36-47-35-34-46-33-31-29-27-25-23-21-18-16-14-12-10-8-6-4-2/h3-43H2,1-2H3. The van der Waals surface area contributed by atoms with Gasteiger partial charge in [0.15, 0.2) is 0 Å². The summed E-state index contributed by atoms with van der Waals surface area (Å²) in [5.41, 5.74) is 0. The molecule has 0 aliphatic carbocycles. The molecular weight excluding hydrogens is 640 g/mol. The molecule has 0 saturated carbocycles. The van der Waals surface area contributed by atoms with Crippen LogP contribution in [0.25, 0.3) is 0 Å².